The molecule has 0 aliphatic rings. The summed E-state index contributed by atoms with van der Waals surface area (Å²) in [7, 11) is 0. The zero-order valence-electron chi connectivity index (χ0n) is 18.7. The Morgan fingerprint density at radius 1 is 0.879 bits per heavy atom. The van der Waals surface area contributed by atoms with Crippen LogP contribution in [0.25, 0.3) is 22.0 Å². The first-order valence-electron chi connectivity index (χ1n) is 11.4. The van der Waals surface area contributed by atoms with E-state index in [-0.39, 0.29) is 5.91 Å². The molecular formula is C28H30N4O. The number of hydrogen-bond acceptors (Lipinski definition) is 3. The van der Waals surface area contributed by atoms with E-state index in [1.165, 1.54) is 0 Å². The number of nitrogens with two attached hydrogens (primary N) is 1. The highest BCUT2D eigenvalue weighted by molar-refractivity contribution is 5.98. The van der Waals surface area contributed by atoms with Gasteiger partial charge in [0.1, 0.15) is 5.69 Å². The Kier molecular flexibility index (Phi) is 7.10. The van der Waals surface area contributed by atoms with Crippen LogP contribution in [0.15, 0.2) is 91.1 Å². The lowest BCUT2D eigenvalue weighted by Gasteiger charge is -2.11. The largest absolute Gasteiger partial charge is 0.397 e. The molecule has 5 N–H and O–H groups in total. The van der Waals surface area contributed by atoms with Crippen molar-refractivity contribution in [3.8, 4) is 11.1 Å². The number of unbranched alkanes of at least 4 members (excludes halogenated alkanes) is 2. The number of benzene rings is 3. The number of nitrogens with one attached hydrogen (secondary N) is 3. The predicted molar refractivity (Wildman–Crippen MR) is 138 cm³/mol. The summed E-state index contributed by atoms with van der Waals surface area (Å²) < 4.78 is 0. The van der Waals surface area contributed by atoms with Gasteiger partial charge in [-0.1, -0.05) is 61.5 Å². The third kappa shape index (κ3) is 5.83. The van der Waals surface area contributed by atoms with Gasteiger partial charge < -0.3 is 21.4 Å². The molecule has 0 saturated carbocycles. The van der Waals surface area contributed by atoms with Crippen molar-refractivity contribution in [2.24, 2.45) is 0 Å². The monoisotopic (exact) mass is 438 g/mol. The minimum Gasteiger partial charge on any atom is -0.397 e. The molecule has 0 spiro atoms. The van der Waals surface area contributed by atoms with Crippen LogP contribution in [0.5, 0.6) is 0 Å². The van der Waals surface area contributed by atoms with Crippen LogP contribution in [0, 0.1) is 0 Å². The molecule has 0 saturated heterocycles. The highest BCUT2D eigenvalue weighted by Gasteiger charge is 2.10. The van der Waals surface area contributed by atoms with Crippen LogP contribution >= 0.6 is 0 Å². The summed E-state index contributed by atoms with van der Waals surface area (Å²) >= 11 is 0. The lowest BCUT2D eigenvalue weighted by molar-refractivity contribution is 0.0949. The van der Waals surface area contributed by atoms with Crippen molar-refractivity contribution in [2.75, 3.05) is 17.6 Å². The summed E-state index contributed by atoms with van der Waals surface area (Å²) in [5, 5.41) is 7.33. The molecule has 33 heavy (non-hydrogen) atoms. The van der Waals surface area contributed by atoms with Crippen molar-refractivity contribution in [1.82, 2.24) is 10.3 Å². The number of fused-ring (bicyclic) bond motifs is 1. The summed E-state index contributed by atoms with van der Waals surface area (Å²) in [6, 6.07) is 26.0. The molecule has 3 aromatic carbocycles. The lowest BCUT2D eigenvalue weighted by atomic mass is 10.0. The van der Waals surface area contributed by atoms with Crippen molar-refractivity contribution >= 4 is 28.2 Å². The Balaban J connectivity index is 1.20. The zero-order valence-corrected chi connectivity index (χ0v) is 18.7. The van der Waals surface area contributed by atoms with Crippen LogP contribution in [0.4, 0.5) is 11.4 Å². The first kappa shape index (κ1) is 22.2. The number of carbonyl (C=O) groups excluding carboxylic acids is 1. The van der Waals surface area contributed by atoms with Gasteiger partial charge in [-0.05, 0) is 60.7 Å². The first-order valence-corrected chi connectivity index (χ1v) is 11.4. The van der Waals surface area contributed by atoms with Crippen molar-refractivity contribution in [1.29, 1.82) is 0 Å². The van der Waals surface area contributed by atoms with Crippen molar-refractivity contribution in [2.45, 2.75) is 25.7 Å². The molecule has 0 fully saturated rings. The molecule has 0 aliphatic carbocycles. The summed E-state index contributed by atoms with van der Waals surface area (Å²) in [6.45, 7) is 4.73. The van der Waals surface area contributed by atoms with Gasteiger partial charge in [-0.3, -0.25) is 4.79 Å². The number of para-hydroxylation sites is 2. The van der Waals surface area contributed by atoms with Crippen molar-refractivity contribution in [3.63, 3.8) is 0 Å². The van der Waals surface area contributed by atoms with Gasteiger partial charge in [-0.25, -0.2) is 0 Å². The van der Waals surface area contributed by atoms with Gasteiger partial charge in [-0.15, -0.1) is 0 Å². The van der Waals surface area contributed by atoms with E-state index in [0.29, 0.717) is 12.2 Å². The lowest BCUT2D eigenvalue weighted by Crippen LogP contribution is -2.24. The molecule has 0 bridgehead atoms. The van der Waals surface area contributed by atoms with Crippen molar-refractivity contribution < 1.29 is 4.79 Å². The molecule has 5 nitrogen and oxygen atoms in total. The van der Waals surface area contributed by atoms with Crippen molar-refractivity contribution in [3.05, 3.63) is 96.8 Å². The second-order valence-corrected chi connectivity index (χ2v) is 8.23. The fourth-order valence-electron chi connectivity index (χ4n) is 3.87. The number of carbonyl (C=O) groups is 1. The minimum atomic E-state index is -0.0712. The molecule has 4 aromatic rings. The van der Waals surface area contributed by atoms with Gasteiger partial charge in [0, 0.05) is 23.1 Å². The van der Waals surface area contributed by atoms with Crippen LogP contribution in [0.3, 0.4) is 0 Å². The smallest absolute Gasteiger partial charge is 0.267 e. The van der Waals surface area contributed by atoms with E-state index < -0.39 is 0 Å². The topological polar surface area (TPSA) is 82.9 Å². The molecule has 0 radical (unpaired) electrons. The van der Waals surface area contributed by atoms with E-state index in [9.17, 15) is 4.79 Å². The van der Waals surface area contributed by atoms with Gasteiger partial charge in [0.2, 0.25) is 0 Å². The maximum Gasteiger partial charge on any atom is 0.267 e. The number of hydrogen-bond donors (Lipinski definition) is 4. The van der Waals surface area contributed by atoms with Gasteiger partial charge in [-0.2, -0.15) is 0 Å². The summed E-state index contributed by atoms with van der Waals surface area (Å²) in [5.74, 6) is -0.0712. The maximum absolute atomic E-state index is 12.6. The molecule has 0 unspecified atom stereocenters. The van der Waals surface area contributed by atoms with E-state index in [1.807, 2.05) is 54.6 Å². The van der Waals surface area contributed by atoms with Crippen LogP contribution < -0.4 is 16.4 Å². The number of rotatable bonds is 10. The Morgan fingerprint density at radius 3 is 2.48 bits per heavy atom. The SMILES string of the molecule is C=C(CCCCCNC(=O)c1cc2cc(-c3ccccc3)ccc2[nH]1)Nc1ccccc1N. The highest BCUT2D eigenvalue weighted by atomic mass is 16.1. The van der Waals surface area contributed by atoms with Crippen LogP contribution in [-0.2, 0) is 0 Å². The van der Waals surface area contributed by atoms with Gasteiger partial charge in [0.25, 0.3) is 5.91 Å². The first-order chi connectivity index (χ1) is 16.1. The predicted octanol–water partition coefficient (Wildman–Crippen LogP) is 6.33. The van der Waals surface area contributed by atoms with E-state index in [2.05, 4.69) is 46.5 Å². The maximum atomic E-state index is 12.6. The molecule has 1 heterocycles. The number of anilines is 2. The van der Waals surface area contributed by atoms with Gasteiger partial charge in [0.15, 0.2) is 0 Å². The number of aromatic amines is 1. The Morgan fingerprint density at radius 2 is 1.67 bits per heavy atom. The normalized spacial score (nSPS) is 10.8. The molecule has 4 rings (SSSR count). The molecule has 0 atom stereocenters. The van der Waals surface area contributed by atoms with Crippen LogP contribution in [0.1, 0.15) is 36.2 Å². The fraction of sp³-hybridized carbons (Fsp3) is 0.179. The number of aromatic nitrogens is 1. The number of nitrogen functional groups attached to an aromatic ring is 1. The summed E-state index contributed by atoms with van der Waals surface area (Å²) in [5.41, 5.74) is 12.4. The third-order valence-electron chi connectivity index (χ3n) is 5.69. The average molecular weight is 439 g/mol. The molecule has 1 aromatic heterocycles. The Bertz CT molecular complexity index is 1240. The quantitative estimate of drug-likeness (QED) is 0.172. The second kappa shape index (κ2) is 10.6. The fourth-order valence-corrected chi connectivity index (χ4v) is 3.87. The summed E-state index contributed by atoms with van der Waals surface area (Å²) in [6.07, 6.45) is 3.81. The molecule has 0 aliphatic heterocycles. The Hall–Kier alpha value is -3.99. The van der Waals surface area contributed by atoms with Gasteiger partial charge >= 0.3 is 0 Å². The molecule has 1 amide bonds. The molecule has 168 valence electrons. The van der Waals surface area contributed by atoms with E-state index in [1.54, 1.807) is 0 Å². The van der Waals surface area contributed by atoms with Gasteiger partial charge in [0.05, 0.1) is 11.4 Å². The second-order valence-electron chi connectivity index (χ2n) is 8.23. The minimum absolute atomic E-state index is 0.0712. The zero-order chi connectivity index (χ0) is 23.0. The number of H-pyrrole nitrogens is 1. The number of allylic oxidation sites excluding steroid dienone is 1. The van der Waals surface area contributed by atoms with Crippen LogP contribution in [-0.4, -0.2) is 17.4 Å². The Labute approximate surface area is 194 Å². The standard InChI is InChI=1S/C28H30N4O/c1-20(31-26-14-8-7-13-24(26)29)10-4-3-9-17-30-28(33)27-19-23-18-22(15-16-25(23)32-27)21-11-5-2-6-12-21/h2,5-8,11-16,18-19,31-32H,1,3-4,9-10,17,29H2,(H,30,33). The highest BCUT2D eigenvalue weighted by Crippen LogP contribution is 2.25. The van der Waals surface area contributed by atoms with Crippen LogP contribution in [0.2, 0.25) is 0 Å². The third-order valence-corrected chi connectivity index (χ3v) is 5.69. The van der Waals surface area contributed by atoms with E-state index >= 15 is 0 Å². The average Bonchev–Trinajstić information content (AvgIpc) is 3.27. The van der Waals surface area contributed by atoms with E-state index in [4.69, 9.17) is 5.73 Å². The summed E-state index contributed by atoms with van der Waals surface area (Å²) in [4.78, 5) is 15.8. The van der Waals surface area contributed by atoms with E-state index in [0.717, 1.165) is 64.8 Å². The molecule has 5 heteroatoms. The number of amides is 1. The molecular weight excluding hydrogens is 408 g/mol.